The van der Waals surface area contributed by atoms with Crippen molar-refractivity contribution < 1.29 is 21.1 Å². The van der Waals surface area contributed by atoms with E-state index in [2.05, 4.69) is 99.9 Å². The van der Waals surface area contributed by atoms with Gasteiger partial charge in [-0.1, -0.05) is 103 Å². The zero-order valence-electron chi connectivity index (χ0n) is 25.5. The van der Waals surface area contributed by atoms with Gasteiger partial charge in [0.15, 0.2) is 0 Å². The molecule has 1 aliphatic carbocycles. The molecule has 2 N–H and O–H groups in total. The molecule has 0 radical (unpaired) electrons. The second-order valence-corrected chi connectivity index (χ2v) is 10.1. The third-order valence-corrected chi connectivity index (χ3v) is 7.07. The largest absolute Gasteiger partial charge is 2.00 e. The van der Waals surface area contributed by atoms with Crippen LogP contribution in [0.4, 0.5) is 0 Å². The van der Waals surface area contributed by atoms with Gasteiger partial charge in [-0.3, -0.25) is 4.98 Å². The van der Waals surface area contributed by atoms with Gasteiger partial charge < -0.3 is 28.2 Å². The zero-order valence-corrected chi connectivity index (χ0v) is 28.4. The van der Waals surface area contributed by atoms with Crippen LogP contribution >= 0.6 is 0 Å². The number of hydrogen-bond donors (Lipinski definition) is 2. The average Bonchev–Trinajstić information content (AvgIpc) is 3.94. The van der Waals surface area contributed by atoms with Gasteiger partial charge >= 0.3 is 21.1 Å². The van der Waals surface area contributed by atoms with Gasteiger partial charge in [-0.2, -0.15) is 12.1 Å². The molecule has 0 aliphatic heterocycles. The third-order valence-electron chi connectivity index (χ3n) is 7.07. The molecular formula is C42H35N3W. The maximum atomic E-state index is 5.19. The second kappa shape index (κ2) is 18.5. The van der Waals surface area contributed by atoms with E-state index < -0.39 is 0 Å². The molecule has 8 aromatic rings. The molecule has 3 aromatic heterocycles. The van der Waals surface area contributed by atoms with Crippen molar-refractivity contribution in [3.63, 3.8) is 0 Å². The number of H-pyrrole nitrogens is 2. The van der Waals surface area contributed by atoms with Crippen molar-refractivity contribution >= 4 is 44.6 Å². The Morgan fingerprint density at radius 2 is 1.26 bits per heavy atom. The maximum absolute atomic E-state index is 5.19. The summed E-state index contributed by atoms with van der Waals surface area (Å²) in [5, 5.41) is 6.25. The van der Waals surface area contributed by atoms with Gasteiger partial charge in [0.25, 0.3) is 0 Å². The van der Waals surface area contributed by atoms with Gasteiger partial charge in [0.2, 0.25) is 0 Å². The summed E-state index contributed by atoms with van der Waals surface area (Å²) < 4.78 is 0. The number of nitrogens with zero attached hydrogens (tertiary/aromatic N) is 1. The normalized spacial score (nSPS) is 10.3. The van der Waals surface area contributed by atoms with E-state index in [0.717, 1.165) is 17.5 Å². The topological polar surface area (TPSA) is 44.5 Å². The van der Waals surface area contributed by atoms with E-state index in [1.165, 1.54) is 44.1 Å². The molecule has 0 unspecified atom stereocenters. The first-order valence-corrected chi connectivity index (χ1v) is 14.9. The van der Waals surface area contributed by atoms with Crippen molar-refractivity contribution in [1.29, 1.82) is 0 Å². The summed E-state index contributed by atoms with van der Waals surface area (Å²) in [7, 11) is 0. The molecule has 0 spiro atoms. The minimum absolute atomic E-state index is 0. The SMILES string of the molecule is C1=Cc2ccccc2C1.[CH-]=Cc1[c-]cccc1.[W+2].c1cc[nH]c1.c1ccc2c(c1)cnc1ccccc12.c1ccc2c[nH]cc2c1. The van der Waals surface area contributed by atoms with E-state index in [1.54, 1.807) is 0 Å². The monoisotopic (exact) mass is 765 g/mol. The van der Waals surface area contributed by atoms with Crippen LogP contribution in [-0.2, 0) is 27.5 Å². The van der Waals surface area contributed by atoms with Gasteiger partial charge in [0, 0.05) is 41.8 Å². The van der Waals surface area contributed by atoms with Crippen LogP contribution in [0.25, 0.3) is 44.6 Å². The van der Waals surface area contributed by atoms with Gasteiger partial charge in [0.1, 0.15) is 0 Å². The Balaban J connectivity index is 0.000000135. The van der Waals surface area contributed by atoms with Gasteiger partial charge in [0.05, 0.1) is 5.52 Å². The maximum Gasteiger partial charge on any atom is 2.00 e. The molecule has 5 aromatic carbocycles. The number of para-hydroxylation sites is 1. The molecule has 0 atom stereocenters. The molecule has 9 rings (SSSR count). The van der Waals surface area contributed by atoms with Gasteiger partial charge in [-0.25, -0.2) is 12.1 Å². The Morgan fingerprint density at radius 3 is 1.89 bits per heavy atom. The summed E-state index contributed by atoms with van der Waals surface area (Å²) in [5.41, 5.74) is 4.84. The molecule has 3 heterocycles. The van der Waals surface area contributed by atoms with Crippen LogP contribution in [0.3, 0.4) is 0 Å². The molecule has 0 saturated heterocycles. The number of benzene rings is 5. The fraction of sp³-hybridized carbons (Fsp3) is 0.0238. The molecule has 3 nitrogen and oxygen atoms in total. The second-order valence-electron chi connectivity index (χ2n) is 10.1. The summed E-state index contributed by atoms with van der Waals surface area (Å²) in [6.07, 6.45) is 16.7. The van der Waals surface area contributed by atoms with Crippen molar-refractivity contribution in [3.05, 3.63) is 200 Å². The van der Waals surface area contributed by atoms with E-state index in [1.807, 2.05) is 97.7 Å². The van der Waals surface area contributed by atoms with E-state index >= 15 is 0 Å². The number of fused-ring (bicyclic) bond motifs is 5. The Labute approximate surface area is 285 Å². The average molecular weight is 766 g/mol. The van der Waals surface area contributed by atoms with E-state index in [4.69, 9.17) is 6.58 Å². The molecule has 0 bridgehead atoms. The smallest absolute Gasteiger partial charge is 0.368 e. The first-order valence-electron chi connectivity index (χ1n) is 14.9. The molecular weight excluding hydrogens is 730 g/mol. The molecule has 1 aliphatic rings. The van der Waals surface area contributed by atoms with Crippen LogP contribution in [0.2, 0.25) is 0 Å². The quantitative estimate of drug-likeness (QED) is 0.127. The summed E-state index contributed by atoms with van der Waals surface area (Å²) >= 11 is 0. The standard InChI is InChI=1S/C13H9N.C9H8.C8H7N.C8H6.C4H5N.W/c1-2-6-11-10(5-1)9-14-13-8-4-3-7-12(11)13;1-2-5-9-7-3-6-8(9)4-1;1-2-4-8-6-9-5-7(8)3-1;1-2-8-6-4-3-5-7-8;1-2-4-5-3-1;/h1-9H;1-6H,7H2;1-6,9H;1-6H;1-5H;/q;;;-2;;+2. The van der Waals surface area contributed by atoms with Gasteiger partial charge in [-0.15, -0.1) is 6.07 Å². The Kier molecular flexibility index (Phi) is 13.6. The Hall–Kier alpha value is -5.24. The zero-order chi connectivity index (χ0) is 30.9. The van der Waals surface area contributed by atoms with Crippen LogP contribution < -0.4 is 0 Å². The summed E-state index contributed by atoms with van der Waals surface area (Å²) in [5.74, 6) is 0. The van der Waals surface area contributed by atoms with Crippen LogP contribution in [0.5, 0.6) is 0 Å². The van der Waals surface area contributed by atoms with Crippen molar-refractivity contribution in [1.82, 2.24) is 15.0 Å². The van der Waals surface area contributed by atoms with Crippen LogP contribution in [0.15, 0.2) is 171 Å². The van der Waals surface area contributed by atoms with E-state index in [-0.39, 0.29) is 21.1 Å². The van der Waals surface area contributed by atoms with E-state index in [9.17, 15) is 0 Å². The number of rotatable bonds is 1. The summed E-state index contributed by atoms with van der Waals surface area (Å²) in [6, 6.07) is 47.7. The number of aromatic nitrogens is 3. The molecule has 0 amide bonds. The van der Waals surface area contributed by atoms with Crippen molar-refractivity contribution in [3.8, 4) is 0 Å². The number of hydrogen-bond acceptors (Lipinski definition) is 1. The minimum Gasteiger partial charge on any atom is -0.368 e. The molecule has 0 saturated carbocycles. The van der Waals surface area contributed by atoms with Crippen molar-refractivity contribution in [2.45, 2.75) is 6.42 Å². The van der Waals surface area contributed by atoms with E-state index in [0.29, 0.717) is 0 Å². The number of allylic oxidation sites excluding steroid dienone is 1. The number of nitrogens with one attached hydrogen (secondary N) is 2. The van der Waals surface area contributed by atoms with Crippen LogP contribution in [0, 0.1) is 12.6 Å². The fourth-order valence-electron chi connectivity index (χ4n) is 4.79. The van der Waals surface area contributed by atoms with Crippen LogP contribution in [-0.4, -0.2) is 15.0 Å². The third kappa shape index (κ3) is 9.89. The van der Waals surface area contributed by atoms with Crippen molar-refractivity contribution in [2.75, 3.05) is 0 Å². The molecule has 4 heteroatoms. The molecule has 224 valence electrons. The predicted molar refractivity (Wildman–Crippen MR) is 192 cm³/mol. The Morgan fingerprint density at radius 1 is 0.630 bits per heavy atom. The van der Waals surface area contributed by atoms with Crippen LogP contribution in [0.1, 0.15) is 16.7 Å². The minimum atomic E-state index is 0. The predicted octanol–water partition coefficient (Wildman–Crippen LogP) is 10.8. The first-order chi connectivity index (χ1) is 22.3. The summed E-state index contributed by atoms with van der Waals surface area (Å²) in [6.45, 7) is 5.19. The Bertz CT molecular complexity index is 1960. The first kappa shape index (κ1) is 33.6. The van der Waals surface area contributed by atoms with Gasteiger partial charge in [-0.05, 0) is 51.9 Å². The molecule has 0 fully saturated rings. The number of aromatic amines is 2. The number of pyridine rings is 1. The summed E-state index contributed by atoms with van der Waals surface area (Å²) in [4.78, 5) is 10.3. The fourth-order valence-corrected chi connectivity index (χ4v) is 4.79. The molecule has 46 heavy (non-hydrogen) atoms. The van der Waals surface area contributed by atoms with Crippen molar-refractivity contribution in [2.24, 2.45) is 0 Å².